The molecule has 24 heavy (non-hydrogen) atoms. The second kappa shape index (κ2) is 8.13. The van der Waals surface area contributed by atoms with Gasteiger partial charge in [-0.2, -0.15) is 11.3 Å². The number of benzene rings is 1. The normalized spacial score (nSPS) is 15.3. The van der Waals surface area contributed by atoms with Crippen LogP contribution in [0, 0.1) is 0 Å². The lowest BCUT2D eigenvalue weighted by Crippen LogP contribution is -2.35. The molecular weight excluding hydrogens is 322 g/mol. The Bertz CT molecular complexity index is 682. The van der Waals surface area contributed by atoms with Gasteiger partial charge in [-0.25, -0.2) is 0 Å². The number of thiophene rings is 1. The van der Waals surface area contributed by atoms with Crippen molar-refractivity contribution in [3.8, 4) is 0 Å². The molecule has 1 aliphatic heterocycles. The first-order valence-corrected chi connectivity index (χ1v) is 9.02. The summed E-state index contributed by atoms with van der Waals surface area (Å²) in [6.45, 7) is 1.40. The molecule has 0 unspecified atom stereocenters. The Morgan fingerprint density at radius 2 is 2.12 bits per heavy atom. The second-order valence-corrected chi connectivity index (χ2v) is 6.64. The number of aliphatic hydroxyl groups excluding tert-OH is 1. The van der Waals surface area contributed by atoms with E-state index < -0.39 is 6.10 Å². The van der Waals surface area contributed by atoms with Gasteiger partial charge in [-0.1, -0.05) is 30.3 Å². The van der Waals surface area contributed by atoms with Crippen LogP contribution >= 0.6 is 11.3 Å². The van der Waals surface area contributed by atoms with Gasteiger partial charge in [-0.15, -0.1) is 0 Å². The molecule has 1 aromatic carbocycles. The van der Waals surface area contributed by atoms with Crippen LogP contribution in [0.15, 0.2) is 59.0 Å². The molecule has 1 atom stereocenters. The van der Waals surface area contributed by atoms with Gasteiger partial charge in [0.2, 0.25) is 0 Å². The molecule has 0 saturated heterocycles. The third-order valence-corrected chi connectivity index (χ3v) is 4.73. The molecule has 0 radical (unpaired) electrons. The summed E-state index contributed by atoms with van der Waals surface area (Å²) in [5, 5.41) is 14.3. The smallest absolute Gasteiger partial charge is 0.253 e. The molecule has 3 rings (SSSR count). The van der Waals surface area contributed by atoms with E-state index in [1.807, 2.05) is 47.2 Å². The molecule has 1 aromatic heterocycles. The molecule has 2 heterocycles. The largest absolute Gasteiger partial charge is 0.501 e. The summed E-state index contributed by atoms with van der Waals surface area (Å²) in [4.78, 5) is 14.6. The predicted molar refractivity (Wildman–Crippen MR) is 94.4 cm³/mol. The Morgan fingerprint density at radius 3 is 2.79 bits per heavy atom. The molecule has 5 heteroatoms. The summed E-state index contributed by atoms with van der Waals surface area (Å²) < 4.78 is 5.31. The first-order valence-electron chi connectivity index (χ1n) is 8.08. The maximum absolute atomic E-state index is 12.9. The van der Waals surface area contributed by atoms with Gasteiger partial charge in [0.1, 0.15) is 0 Å². The van der Waals surface area contributed by atoms with Crippen molar-refractivity contribution < 1.29 is 14.6 Å². The molecule has 2 aromatic rings. The molecule has 4 nitrogen and oxygen atoms in total. The number of hydrogen-bond acceptors (Lipinski definition) is 4. The highest BCUT2D eigenvalue weighted by atomic mass is 32.1. The maximum atomic E-state index is 12.9. The minimum atomic E-state index is -0.686. The van der Waals surface area contributed by atoms with Gasteiger partial charge in [-0.3, -0.25) is 4.79 Å². The van der Waals surface area contributed by atoms with Crippen LogP contribution in [0.4, 0.5) is 0 Å². The fraction of sp³-hybridized carbons (Fsp3) is 0.316. The van der Waals surface area contributed by atoms with Gasteiger partial charge in [-0.05, 0) is 40.8 Å². The van der Waals surface area contributed by atoms with Crippen molar-refractivity contribution in [1.82, 2.24) is 4.90 Å². The lowest BCUT2D eigenvalue weighted by atomic mass is 10.1. The van der Waals surface area contributed by atoms with Crippen LogP contribution in [0.25, 0.3) is 0 Å². The van der Waals surface area contributed by atoms with Crippen molar-refractivity contribution in [2.45, 2.75) is 25.5 Å². The highest BCUT2D eigenvalue weighted by Crippen LogP contribution is 2.22. The highest BCUT2D eigenvalue weighted by molar-refractivity contribution is 7.07. The molecular formula is C19H21NO3S. The van der Waals surface area contributed by atoms with Crippen molar-refractivity contribution in [1.29, 1.82) is 0 Å². The minimum absolute atomic E-state index is 0.0622. The number of amides is 1. The molecule has 0 saturated carbocycles. The Morgan fingerprint density at radius 1 is 1.29 bits per heavy atom. The van der Waals surface area contributed by atoms with Crippen LogP contribution in [0.2, 0.25) is 0 Å². The number of hydrogen-bond donors (Lipinski definition) is 1. The number of ether oxygens (including phenoxy) is 1. The molecule has 0 fully saturated rings. The summed E-state index contributed by atoms with van der Waals surface area (Å²) in [5.41, 5.74) is 2.56. The van der Waals surface area contributed by atoms with Gasteiger partial charge in [0.05, 0.1) is 31.1 Å². The predicted octanol–water partition coefficient (Wildman–Crippen LogP) is 3.50. The average Bonchev–Trinajstić information content (AvgIpc) is 3.17. The van der Waals surface area contributed by atoms with E-state index >= 15 is 0 Å². The quantitative estimate of drug-likeness (QED) is 0.873. The minimum Gasteiger partial charge on any atom is -0.501 e. The van der Waals surface area contributed by atoms with E-state index in [-0.39, 0.29) is 12.5 Å². The average molecular weight is 343 g/mol. The van der Waals surface area contributed by atoms with E-state index in [4.69, 9.17) is 4.74 Å². The Kier molecular flexibility index (Phi) is 5.67. The summed E-state index contributed by atoms with van der Waals surface area (Å²) in [6, 6.07) is 11.7. The van der Waals surface area contributed by atoms with E-state index in [2.05, 4.69) is 0 Å². The number of aliphatic hydroxyl groups is 1. The molecule has 0 spiro atoms. The van der Waals surface area contributed by atoms with Crippen molar-refractivity contribution in [3.05, 3.63) is 70.1 Å². The molecule has 0 bridgehead atoms. The molecule has 126 valence electrons. The fourth-order valence-electron chi connectivity index (χ4n) is 2.73. The van der Waals surface area contributed by atoms with Gasteiger partial charge < -0.3 is 14.7 Å². The summed E-state index contributed by atoms with van der Waals surface area (Å²) in [7, 11) is 0. The summed E-state index contributed by atoms with van der Waals surface area (Å²) in [6.07, 6.45) is 2.46. The van der Waals surface area contributed by atoms with Crippen LogP contribution in [0.5, 0.6) is 0 Å². The van der Waals surface area contributed by atoms with Crippen LogP contribution in [-0.2, 0) is 16.1 Å². The fourth-order valence-corrected chi connectivity index (χ4v) is 3.43. The van der Waals surface area contributed by atoms with Gasteiger partial charge in [0.25, 0.3) is 5.91 Å². The SMILES string of the molecule is O=C(C1=COCCC1)N(Cc1ccccc1)C[C@@H](O)c1ccsc1. The van der Waals surface area contributed by atoms with E-state index in [0.717, 1.165) is 24.0 Å². The number of carbonyl (C=O) groups excluding carboxylic acids is 1. The number of carbonyl (C=O) groups is 1. The van der Waals surface area contributed by atoms with Gasteiger partial charge in [0, 0.05) is 6.54 Å². The van der Waals surface area contributed by atoms with Gasteiger partial charge in [0.15, 0.2) is 0 Å². The first kappa shape index (κ1) is 16.7. The standard InChI is InChI=1S/C19H21NO3S/c21-18(17-8-10-24-14-17)12-20(11-15-5-2-1-3-6-15)19(22)16-7-4-9-23-13-16/h1-3,5-6,8,10,13-14,18,21H,4,7,9,11-12H2/t18-/m1/s1. The topological polar surface area (TPSA) is 49.8 Å². The van der Waals surface area contributed by atoms with E-state index in [0.29, 0.717) is 18.7 Å². The lowest BCUT2D eigenvalue weighted by molar-refractivity contribution is -0.129. The van der Waals surface area contributed by atoms with Crippen molar-refractivity contribution in [3.63, 3.8) is 0 Å². The van der Waals surface area contributed by atoms with E-state index in [9.17, 15) is 9.90 Å². The van der Waals surface area contributed by atoms with E-state index in [1.54, 1.807) is 22.5 Å². The van der Waals surface area contributed by atoms with Crippen molar-refractivity contribution in [2.75, 3.05) is 13.2 Å². The summed E-state index contributed by atoms with van der Waals surface area (Å²) in [5.74, 6) is -0.0622. The first-order chi connectivity index (χ1) is 11.7. The zero-order chi connectivity index (χ0) is 16.8. The second-order valence-electron chi connectivity index (χ2n) is 5.86. The Labute approximate surface area is 146 Å². The van der Waals surface area contributed by atoms with Crippen LogP contribution in [0.1, 0.15) is 30.1 Å². The Hall–Kier alpha value is -2.11. The lowest BCUT2D eigenvalue weighted by Gasteiger charge is -2.27. The summed E-state index contributed by atoms with van der Waals surface area (Å²) >= 11 is 1.54. The molecule has 1 N–H and O–H groups in total. The molecule has 1 aliphatic rings. The van der Waals surface area contributed by atoms with E-state index in [1.165, 1.54) is 0 Å². The molecule has 0 aliphatic carbocycles. The third kappa shape index (κ3) is 4.24. The van der Waals surface area contributed by atoms with Crippen molar-refractivity contribution >= 4 is 17.2 Å². The van der Waals surface area contributed by atoms with Gasteiger partial charge >= 0.3 is 0 Å². The van der Waals surface area contributed by atoms with Crippen LogP contribution in [-0.4, -0.2) is 29.1 Å². The Balaban J connectivity index is 1.77. The zero-order valence-electron chi connectivity index (χ0n) is 13.4. The third-order valence-electron chi connectivity index (χ3n) is 4.03. The highest BCUT2D eigenvalue weighted by Gasteiger charge is 2.23. The zero-order valence-corrected chi connectivity index (χ0v) is 14.2. The van der Waals surface area contributed by atoms with Crippen molar-refractivity contribution in [2.24, 2.45) is 0 Å². The monoisotopic (exact) mass is 343 g/mol. The molecule has 1 amide bonds. The number of rotatable bonds is 6. The maximum Gasteiger partial charge on any atom is 0.253 e. The number of nitrogens with zero attached hydrogens (tertiary/aromatic N) is 1. The van der Waals surface area contributed by atoms with Crippen LogP contribution in [0.3, 0.4) is 0 Å². The van der Waals surface area contributed by atoms with Crippen LogP contribution < -0.4 is 0 Å².